The molecule has 0 radical (unpaired) electrons. The van der Waals surface area contributed by atoms with Crippen molar-refractivity contribution >= 4 is 60.7 Å². The van der Waals surface area contributed by atoms with Gasteiger partial charge in [0.15, 0.2) is 5.79 Å². The number of benzene rings is 1. The molecule has 172 valence electrons. The summed E-state index contributed by atoms with van der Waals surface area (Å²) in [4.78, 5) is 20.7. The predicted molar refractivity (Wildman–Crippen MR) is 133 cm³/mol. The van der Waals surface area contributed by atoms with Crippen LogP contribution >= 0.6 is 33.9 Å². The van der Waals surface area contributed by atoms with Crippen LogP contribution in [-0.4, -0.2) is 60.0 Å². The van der Waals surface area contributed by atoms with E-state index in [1.54, 1.807) is 17.2 Å². The molecule has 6 rings (SSSR count). The Kier molecular flexibility index (Phi) is 5.52. The summed E-state index contributed by atoms with van der Waals surface area (Å²) < 4.78 is 28.0. The molecule has 2 N–H and O–H groups in total. The molecule has 3 aliphatic rings. The maximum Gasteiger partial charge on any atom is 0.257 e. The standard InChI is InChI=1S/C23H22FIN4O3S/c24-15-10-13(25)3-4-16(15)28-21-19(14-2-1-7-27-20(14)33-21)22(30)29-11-17-18(12-29)32-23(31-17)5-8-26-9-6-23/h1-4,7,10,17-18,26,28H,5-6,8-9,11-12H2/t17-,18+. The van der Waals surface area contributed by atoms with Crippen molar-refractivity contribution in [2.75, 3.05) is 31.5 Å². The SMILES string of the molecule is O=C(c1c(Nc2ccc(I)cc2F)sc2ncccc12)N1C[C@@H]2OC3(CCNCC3)O[C@@H]2C1. The number of anilines is 2. The van der Waals surface area contributed by atoms with E-state index in [1.807, 2.05) is 18.2 Å². The Morgan fingerprint density at radius 2 is 2.00 bits per heavy atom. The molecule has 10 heteroatoms. The first kappa shape index (κ1) is 21.7. The highest BCUT2D eigenvalue weighted by molar-refractivity contribution is 14.1. The lowest BCUT2D eigenvalue weighted by Crippen LogP contribution is -2.45. The Hall–Kier alpha value is -1.86. The molecule has 0 unspecified atom stereocenters. The Morgan fingerprint density at radius 3 is 2.73 bits per heavy atom. The number of rotatable bonds is 3. The van der Waals surface area contributed by atoms with E-state index in [9.17, 15) is 9.18 Å². The van der Waals surface area contributed by atoms with E-state index in [0.29, 0.717) is 29.3 Å². The van der Waals surface area contributed by atoms with Crippen molar-refractivity contribution in [3.8, 4) is 0 Å². The second kappa shape index (κ2) is 8.42. The normalized spacial score (nSPS) is 23.9. The monoisotopic (exact) mass is 580 g/mol. The highest BCUT2D eigenvalue weighted by atomic mass is 127. The highest BCUT2D eigenvalue weighted by Gasteiger charge is 2.52. The maximum atomic E-state index is 14.5. The number of nitrogens with one attached hydrogen (secondary N) is 2. The molecule has 3 aromatic rings. The smallest absolute Gasteiger partial charge is 0.257 e. The van der Waals surface area contributed by atoms with Gasteiger partial charge in [-0.05, 0) is 52.9 Å². The molecular weight excluding hydrogens is 558 g/mol. The maximum absolute atomic E-state index is 14.5. The van der Waals surface area contributed by atoms with Gasteiger partial charge in [0.2, 0.25) is 0 Å². The average Bonchev–Trinajstić information content (AvgIpc) is 3.45. The number of carbonyl (C=O) groups is 1. The van der Waals surface area contributed by atoms with Crippen molar-refractivity contribution in [1.29, 1.82) is 0 Å². The lowest BCUT2D eigenvalue weighted by molar-refractivity contribution is -0.195. The lowest BCUT2D eigenvalue weighted by Gasteiger charge is -2.34. The molecule has 0 aliphatic carbocycles. The second-order valence-electron chi connectivity index (χ2n) is 8.59. The van der Waals surface area contributed by atoms with Crippen molar-refractivity contribution in [3.05, 3.63) is 51.5 Å². The van der Waals surface area contributed by atoms with E-state index in [1.165, 1.54) is 17.4 Å². The number of halogens is 2. The summed E-state index contributed by atoms with van der Waals surface area (Å²) >= 11 is 3.42. The molecule has 5 heterocycles. The number of ether oxygens (including phenoxy) is 2. The topological polar surface area (TPSA) is 75.7 Å². The molecule has 2 aromatic heterocycles. The number of piperidine rings is 1. The molecule has 3 fully saturated rings. The quantitative estimate of drug-likeness (QED) is 0.455. The number of aromatic nitrogens is 1. The molecule has 1 amide bonds. The summed E-state index contributed by atoms with van der Waals surface area (Å²) in [5.74, 6) is -0.997. The van der Waals surface area contributed by atoms with Gasteiger partial charge in [0, 0.05) is 41.1 Å². The fourth-order valence-corrected chi connectivity index (χ4v) is 6.36. The van der Waals surface area contributed by atoms with Crippen LogP contribution in [0.25, 0.3) is 10.2 Å². The molecule has 0 bridgehead atoms. The minimum atomic E-state index is -0.510. The van der Waals surface area contributed by atoms with E-state index in [0.717, 1.165) is 39.7 Å². The largest absolute Gasteiger partial charge is 0.344 e. The molecule has 3 aliphatic heterocycles. The van der Waals surface area contributed by atoms with Crippen molar-refractivity contribution in [3.63, 3.8) is 0 Å². The van der Waals surface area contributed by atoms with Gasteiger partial charge in [-0.2, -0.15) is 0 Å². The van der Waals surface area contributed by atoms with Gasteiger partial charge in [-0.25, -0.2) is 9.37 Å². The van der Waals surface area contributed by atoms with Crippen molar-refractivity contribution < 1.29 is 18.7 Å². The first-order valence-electron chi connectivity index (χ1n) is 11.0. The predicted octanol–water partition coefficient (Wildman–Crippen LogP) is 4.10. The first-order chi connectivity index (χ1) is 16.0. The number of thiophene rings is 1. The number of hydrogen-bond donors (Lipinski definition) is 2. The molecule has 1 aromatic carbocycles. The van der Waals surface area contributed by atoms with Crippen LogP contribution in [0, 0.1) is 9.39 Å². The van der Waals surface area contributed by atoms with E-state index in [2.05, 4.69) is 38.2 Å². The van der Waals surface area contributed by atoms with Gasteiger partial charge >= 0.3 is 0 Å². The van der Waals surface area contributed by atoms with Crippen molar-refractivity contribution in [1.82, 2.24) is 15.2 Å². The number of pyridine rings is 1. The van der Waals surface area contributed by atoms with Crippen LogP contribution in [0.4, 0.5) is 15.1 Å². The van der Waals surface area contributed by atoms with Crippen LogP contribution < -0.4 is 10.6 Å². The number of carbonyl (C=O) groups excluding carboxylic acids is 1. The molecule has 7 nitrogen and oxygen atoms in total. The number of likely N-dealkylation sites (tertiary alicyclic amines) is 1. The molecule has 2 atom stereocenters. The van der Waals surface area contributed by atoms with Gasteiger partial charge in [-0.1, -0.05) is 11.3 Å². The minimum absolute atomic E-state index is 0.122. The Bertz CT molecular complexity index is 1220. The van der Waals surface area contributed by atoms with Crippen LogP contribution in [0.3, 0.4) is 0 Å². The van der Waals surface area contributed by atoms with Gasteiger partial charge < -0.3 is 25.0 Å². The zero-order valence-corrected chi connectivity index (χ0v) is 20.6. The summed E-state index contributed by atoms with van der Waals surface area (Å²) in [5.41, 5.74) is 0.839. The van der Waals surface area contributed by atoms with Gasteiger partial charge in [0.25, 0.3) is 5.91 Å². The van der Waals surface area contributed by atoms with E-state index in [4.69, 9.17) is 9.47 Å². The first-order valence-corrected chi connectivity index (χ1v) is 12.9. The zero-order valence-electron chi connectivity index (χ0n) is 17.6. The second-order valence-corrected chi connectivity index (χ2v) is 10.8. The van der Waals surface area contributed by atoms with Gasteiger partial charge in [0.1, 0.15) is 27.9 Å². The van der Waals surface area contributed by atoms with Gasteiger partial charge in [-0.3, -0.25) is 4.79 Å². The Balaban J connectivity index is 1.28. The molecule has 0 saturated carbocycles. The lowest BCUT2D eigenvalue weighted by atomic mass is 10.1. The Labute approximate surface area is 207 Å². The van der Waals surface area contributed by atoms with Crippen LogP contribution in [0.15, 0.2) is 36.5 Å². The fourth-order valence-electron chi connectivity index (χ4n) is 4.86. The summed E-state index contributed by atoms with van der Waals surface area (Å²) in [5, 5.41) is 7.82. The zero-order chi connectivity index (χ0) is 22.6. The average molecular weight is 580 g/mol. The molecular formula is C23H22FIN4O3S. The van der Waals surface area contributed by atoms with Crippen LogP contribution in [-0.2, 0) is 9.47 Å². The van der Waals surface area contributed by atoms with Crippen molar-refractivity contribution in [2.45, 2.75) is 30.8 Å². The summed E-state index contributed by atoms with van der Waals surface area (Å²) in [6.07, 6.45) is 3.10. The highest BCUT2D eigenvalue weighted by Crippen LogP contribution is 2.42. The van der Waals surface area contributed by atoms with E-state index >= 15 is 0 Å². The summed E-state index contributed by atoms with van der Waals surface area (Å²) in [6.45, 7) is 2.71. The number of hydrogen-bond acceptors (Lipinski definition) is 7. The summed E-state index contributed by atoms with van der Waals surface area (Å²) in [6, 6.07) is 8.67. The Morgan fingerprint density at radius 1 is 1.24 bits per heavy atom. The van der Waals surface area contributed by atoms with Gasteiger partial charge in [0.05, 0.1) is 24.3 Å². The number of fused-ring (bicyclic) bond motifs is 2. The molecule has 33 heavy (non-hydrogen) atoms. The number of nitrogens with zero attached hydrogens (tertiary/aromatic N) is 2. The third kappa shape index (κ3) is 3.91. The van der Waals surface area contributed by atoms with Crippen molar-refractivity contribution in [2.24, 2.45) is 0 Å². The van der Waals surface area contributed by atoms with E-state index < -0.39 is 5.79 Å². The third-order valence-corrected chi connectivity index (χ3v) is 8.16. The third-order valence-electron chi connectivity index (χ3n) is 6.46. The molecule has 3 saturated heterocycles. The van der Waals surface area contributed by atoms with Gasteiger partial charge in [-0.15, -0.1) is 0 Å². The van der Waals surface area contributed by atoms with E-state index in [-0.39, 0.29) is 23.9 Å². The van der Waals surface area contributed by atoms with Crippen LogP contribution in [0.5, 0.6) is 0 Å². The fraction of sp³-hybridized carbons (Fsp3) is 0.391. The minimum Gasteiger partial charge on any atom is -0.344 e. The van der Waals surface area contributed by atoms with Crippen LogP contribution in [0.2, 0.25) is 0 Å². The number of amides is 1. The molecule has 1 spiro atoms. The van der Waals surface area contributed by atoms with Crippen LogP contribution in [0.1, 0.15) is 23.2 Å². The summed E-state index contributed by atoms with van der Waals surface area (Å²) in [7, 11) is 0.